The number of nitrogens with one attached hydrogen (secondary N) is 2. The lowest BCUT2D eigenvalue weighted by atomic mass is 10.0. The Morgan fingerprint density at radius 3 is 3.08 bits per heavy atom. The molecule has 0 spiro atoms. The average molecular weight is 329 g/mol. The van der Waals surface area contributed by atoms with Crippen molar-refractivity contribution in [2.75, 3.05) is 23.3 Å². The standard InChI is InChI=1S/C17H20FN5O/c18-12-4-3-8-19-16(12)23-9-7-11(10-23)20-15-17(24)22-14-6-2-1-5-13(14)21-15/h3-4,8,11H,1-2,5-7,9-10H2,(H,20,21)(H,22,24). The third kappa shape index (κ3) is 2.86. The van der Waals surface area contributed by atoms with E-state index in [0.717, 1.165) is 43.5 Å². The molecule has 2 aromatic heterocycles. The minimum absolute atomic E-state index is 0.0571. The molecule has 1 saturated heterocycles. The summed E-state index contributed by atoms with van der Waals surface area (Å²) < 4.78 is 13.9. The highest BCUT2D eigenvalue weighted by Gasteiger charge is 2.26. The number of aromatic nitrogens is 3. The predicted octanol–water partition coefficient (Wildman–Crippen LogP) is 1.87. The number of aromatic amines is 1. The average Bonchev–Trinajstić information content (AvgIpc) is 3.04. The number of anilines is 2. The Morgan fingerprint density at radius 2 is 2.21 bits per heavy atom. The Kier molecular flexibility index (Phi) is 3.92. The molecule has 2 N–H and O–H groups in total. The highest BCUT2D eigenvalue weighted by Crippen LogP contribution is 2.22. The number of aryl methyl sites for hydroxylation is 2. The Morgan fingerprint density at radius 1 is 1.33 bits per heavy atom. The summed E-state index contributed by atoms with van der Waals surface area (Å²) in [4.78, 5) is 25.7. The molecule has 0 bridgehead atoms. The van der Waals surface area contributed by atoms with E-state index in [1.54, 1.807) is 12.3 Å². The lowest BCUT2D eigenvalue weighted by Gasteiger charge is -2.19. The molecule has 6 nitrogen and oxygen atoms in total. The van der Waals surface area contributed by atoms with E-state index in [4.69, 9.17) is 0 Å². The van der Waals surface area contributed by atoms with Gasteiger partial charge in [-0.25, -0.2) is 14.4 Å². The third-order valence-electron chi connectivity index (χ3n) is 4.73. The van der Waals surface area contributed by atoms with Gasteiger partial charge in [-0.2, -0.15) is 0 Å². The van der Waals surface area contributed by atoms with Crippen LogP contribution >= 0.6 is 0 Å². The van der Waals surface area contributed by atoms with Gasteiger partial charge in [0, 0.05) is 31.0 Å². The third-order valence-corrected chi connectivity index (χ3v) is 4.73. The van der Waals surface area contributed by atoms with Crippen LogP contribution in [0.1, 0.15) is 30.7 Å². The molecule has 126 valence electrons. The van der Waals surface area contributed by atoms with Gasteiger partial charge in [0.05, 0.1) is 5.69 Å². The molecule has 1 aliphatic heterocycles. The zero-order valence-electron chi connectivity index (χ0n) is 13.4. The molecular formula is C17H20FN5O. The van der Waals surface area contributed by atoms with Crippen LogP contribution < -0.4 is 15.8 Å². The molecule has 24 heavy (non-hydrogen) atoms. The maximum Gasteiger partial charge on any atom is 0.290 e. The summed E-state index contributed by atoms with van der Waals surface area (Å²) >= 11 is 0. The van der Waals surface area contributed by atoms with Gasteiger partial charge < -0.3 is 15.2 Å². The van der Waals surface area contributed by atoms with E-state index in [1.165, 1.54) is 6.07 Å². The van der Waals surface area contributed by atoms with E-state index in [-0.39, 0.29) is 17.4 Å². The molecular weight excluding hydrogens is 309 g/mol. The quantitative estimate of drug-likeness (QED) is 0.899. The lowest BCUT2D eigenvalue weighted by molar-refractivity contribution is 0.615. The summed E-state index contributed by atoms with van der Waals surface area (Å²) in [6, 6.07) is 3.06. The van der Waals surface area contributed by atoms with Crippen molar-refractivity contribution in [3.05, 3.63) is 45.9 Å². The van der Waals surface area contributed by atoms with Crippen LogP contribution in [0.2, 0.25) is 0 Å². The fourth-order valence-electron chi connectivity index (χ4n) is 3.50. The van der Waals surface area contributed by atoms with Crippen LogP contribution in [0.15, 0.2) is 23.1 Å². The Bertz CT molecular complexity index is 806. The smallest absolute Gasteiger partial charge is 0.290 e. The van der Waals surface area contributed by atoms with Crippen molar-refractivity contribution in [3.8, 4) is 0 Å². The van der Waals surface area contributed by atoms with Crippen LogP contribution in [-0.2, 0) is 12.8 Å². The topological polar surface area (TPSA) is 73.9 Å². The fourth-order valence-corrected chi connectivity index (χ4v) is 3.50. The van der Waals surface area contributed by atoms with Gasteiger partial charge in [-0.1, -0.05) is 0 Å². The Hall–Kier alpha value is -2.44. The van der Waals surface area contributed by atoms with Crippen molar-refractivity contribution in [2.45, 2.75) is 38.1 Å². The largest absolute Gasteiger partial charge is 0.361 e. The molecule has 7 heteroatoms. The molecule has 4 rings (SSSR count). The summed E-state index contributed by atoms with van der Waals surface area (Å²) in [6.45, 7) is 1.31. The van der Waals surface area contributed by atoms with Crippen LogP contribution in [0, 0.1) is 5.82 Å². The van der Waals surface area contributed by atoms with Gasteiger partial charge in [-0.15, -0.1) is 0 Å². The summed E-state index contributed by atoms with van der Waals surface area (Å²) in [5.41, 5.74) is 1.80. The maximum atomic E-state index is 13.9. The number of pyridine rings is 1. The normalized spacial score (nSPS) is 20.0. The number of rotatable bonds is 3. The second kappa shape index (κ2) is 6.22. The molecule has 3 heterocycles. The summed E-state index contributed by atoms with van der Waals surface area (Å²) in [5, 5.41) is 3.23. The van der Waals surface area contributed by atoms with Crippen LogP contribution in [0.5, 0.6) is 0 Å². The van der Waals surface area contributed by atoms with Crippen LogP contribution in [-0.4, -0.2) is 34.1 Å². The molecule has 1 aliphatic carbocycles. The fraction of sp³-hybridized carbons (Fsp3) is 0.471. The van der Waals surface area contributed by atoms with Crippen molar-refractivity contribution in [1.29, 1.82) is 0 Å². The lowest BCUT2D eigenvalue weighted by Crippen LogP contribution is -2.31. The number of fused-ring (bicyclic) bond motifs is 1. The molecule has 0 radical (unpaired) electrons. The van der Waals surface area contributed by atoms with Gasteiger partial charge in [-0.05, 0) is 44.2 Å². The van der Waals surface area contributed by atoms with Gasteiger partial charge in [0.15, 0.2) is 17.5 Å². The van der Waals surface area contributed by atoms with Crippen LogP contribution in [0.25, 0.3) is 0 Å². The Balaban J connectivity index is 1.49. The van der Waals surface area contributed by atoms with Gasteiger partial charge in [0.2, 0.25) is 0 Å². The Labute approximate surface area is 139 Å². The van der Waals surface area contributed by atoms with E-state index in [0.29, 0.717) is 24.7 Å². The molecule has 1 atom stereocenters. The molecule has 0 saturated carbocycles. The number of nitrogens with zero attached hydrogens (tertiary/aromatic N) is 3. The minimum Gasteiger partial charge on any atom is -0.361 e. The van der Waals surface area contributed by atoms with Crippen molar-refractivity contribution in [1.82, 2.24) is 15.0 Å². The number of H-pyrrole nitrogens is 1. The van der Waals surface area contributed by atoms with E-state index in [9.17, 15) is 9.18 Å². The van der Waals surface area contributed by atoms with Crippen LogP contribution in [0.4, 0.5) is 16.0 Å². The van der Waals surface area contributed by atoms with E-state index < -0.39 is 0 Å². The predicted molar refractivity (Wildman–Crippen MR) is 89.9 cm³/mol. The first-order chi connectivity index (χ1) is 11.7. The number of hydrogen-bond donors (Lipinski definition) is 2. The van der Waals surface area contributed by atoms with Crippen molar-refractivity contribution in [3.63, 3.8) is 0 Å². The molecule has 0 amide bonds. The second-order valence-electron chi connectivity index (χ2n) is 6.43. The maximum absolute atomic E-state index is 13.9. The summed E-state index contributed by atoms with van der Waals surface area (Å²) in [5.74, 6) is 0.431. The number of halogens is 1. The molecule has 1 fully saturated rings. The SMILES string of the molecule is O=c1[nH]c2c(nc1NC1CCN(c3ncccc3F)C1)CCCC2. The van der Waals surface area contributed by atoms with Crippen LogP contribution in [0.3, 0.4) is 0 Å². The number of hydrogen-bond acceptors (Lipinski definition) is 5. The molecule has 1 unspecified atom stereocenters. The highest BCUT2D eigenvalue weighted by molar-refractivity contribution is 5.44. The van der Waals surface area contributed by atoms with Crippen molar-refractivity contribution < 1.29 is 4.39 Å². The zero-order chi connectivity index (χ0) is 16.5. The van der Waals surface area contributed by atoms with Gasteiger partial charge >= 0.3 is 0 Å². The first-order valence-electron chi connectivity index (χ1n) is 8.45. The van der Waals surface area contributed by atoms with Gasteiger partial charge in [-0.3, -0.25) is 4.79 Å². The van der Waals surface area contributed by atoms with Gasteiger partial charge in [0.25, 0.3) is 5.56 Å². The second-order valence-corrected chi connectivity index (χ2v) is 6.43. The first-order valence-corrected chi connectivity index (χ1v) is 8.45. The van der Waals surface area contributed by atoms with Gasteiger partial charge in [0.1, 0.15) is 0 Å². The van der Waals surface area contributed by atoms with E-state index in [1.807, 2.05) is 4.90 Å². The first kappa shape index (κ1) is 15.1. The minimum atomic E-state index is -0.317. The summed E-state index contributed by atoms with van der Waals surface area (Å²) in [7, 11) is 0. The molecule has 0 aromatic carbocycles. The van der Waals surface area contributed by atoms with E-state index >= 15 is 0 Å². The van der Waals surface area contributed by atoms with Crippen molar-refractivity contribution in [2.24, 2.45) is 0 Å². The molecule has 2 aromatic rings. The monoisotopic (exact) mass is 329 g/mol. The van der Waals surface area contributed by atoms with Crippen molar-refractivity contribution >= 4 is 11.6 Å². The molecule has 2 aliphatic rings. The van der Waals surface area contributed by atoms with E-state index in [2.05, 4.69) is 20.3 Å². The highest BCUT2D eigenvalue weighted by atomic mass is 19.1. The summed E-state index contributed by atoms with van der Waals surface area (Å²) in [6.07, 6.45) is 6.43. The zero-order valence-corrected chi connectivity index (χ0v) is 13.4.